The van der Waals surface area contributed by atoms with E-state index in [1.165, 1.54) is 12.1 Å². The lowest BCUT2D eigenvalue weighted by Crippen LogP contribution is -2.21. The molecule has 0 saturated carbocycles. The summed E-state index contributed by atoms with van der Waals surface area (Å²) in [6.45, 7) is 2.21. The minimum atomic E-state index is 0.598. The Bertz CT molecular complexity index is 265. The molecule has 1 aromatic rings. The van der Waals surface area contributed by atoms with Gasteiger partial charge in [0.15, 0.2) is 0 Å². The van der Waals surface area contributed by atoms with Crippen LogP contribution in [0, 0.1) is 0 Å². The van der Waals surface area contributed by atoms with Crippen molar-refractivity contribution in [3.8, 4) is 0 Å². The Balaban J connectivity index is 1.97. The van der Waals surface area contributed by atoms with Crippen molar-refractivity contribution in [2.24, 2.45) is 0 Å². The van der Waals surface area contributed by atoms with E-state index in [1.807, 2.05) is 0 Å². The predicted octanol–water partition coefficient (Wildman–Crippen LogP) is 2.22. The summed E-state index contributed by atoms with van der Waals surface area (Å²) in [7, 11) is 0. The standard InChI is InChI=1S/C10H13BrN2/c11-8-1-3-9(4-2-8)13-10-5-6-12-7-10/h1-4,10,12-13H,5-7H2. The molecular weight excluding hydrogens is 228 g/mol. The molecular formula is C10H13BrN2. The molecule has 0 aliphatic carbocycles. The zero-order valence-corrected chi connectivity index (χ0v) is 8.97. The monoisotopic (exact) mass is 240 g/mol. The molecule has 1 aliphatic rings. The van der Waals surface area contributed by atoms with Crippen LogP contribution < -0.4 is 10.6 Å². The fourth-order valence-electron chi connectivity index (χ4n) is 1.56. The van der Waals surface area contributed by atoms with Gasteiger partial charge < -0.3 is 10.6 Å². The maximum absolute atomic E-state index is 3.48. The molecule has 13 heavy (non-hydrogen) atoms. The maximum Gasteiger partial charge on any atom is 0.0398 e. The van der Waals surface area contributed by atoms with Gasteiger partial charge in [-0.3, -0.25) is 0 Å². The molecule has 3 heteroatoms. The number of nitrogens with one attached hydrogen (secondary N) is 2. The fourth-order valence-corrected chi connectivity index (χ4v) is 1.82. The summed E-state index contributed by atoms with van der Waals surface area (Å²) < 4.78 is 1.13. The van der Waals surface area contributed by atoms with Gasteiger partial charge in [-0.25, -0.2) is 0 Å². The zero-order chi connectivity index (χ0) is 9.10. The lowest BCUT2D eigenvalue weighted by molar-refractivity contribution is 0.793. The number of hydrogen-bond donors (Lipinski definition) is 2. The number of hydrogen-bond acceptors (Lipinski definition) is 2. The molecule has 2 rings (SSSR count). The number of anilines is 1. The summed E-state index contributed by atoms with van der Waals surface area (Å²) in [5.41, 5.74) is 1.21. The second-order valence-electron chi connectivity index (χ2n) is 3.34. The van der Waals surface area contributed by atoms with Crippen LogP contribution in [0.25, 0.3) is 0 Å². The average Bonchev–Trinajstić information content (AvgIpc) is 2.62. The van der Waals surface area contributed by atoms with Crippen molar-refractivity contribution in [2.45, 2.75) is 12.5 Å². The normalized spacial score (nSPS) is 21.8. The van der Waals surface area contributed by atoms with Crippen LogP contribution in [0.1, 0.15) is 6.42 Å². The van der Waals surface area contributed by atoms with Crippen LogP contribution in [-0.2, 0) is 0 Å². The van der Waals surface area contributed by atoms with Gasteiger partial charge in [-0.05, 0) is 37.2 Å². The highest BCUT2D eigenvalue weighted by Crippen LogP contribution is 2.16. The van der Waals surface area contributed by atoms with E-state index in [0.717, 1.165) is 17.6 Å². The molecule has 2 N–H and O–H groups in total. The topological polar surface area (TPSA) is 24.1 Å². The Kier molecular flexibility index (Phi) is 2.86. The maximum atomic E-state index is 3.48. The van der Waals surface area contributed by atoms with Crippen molar-refractivity contribution in [1.82, 2.24) is 5.32 Å². The molecule has 1 saturated heterocycles. The Morgan fingerprint density at radius 3 is 2.69 bits per heavy atom. The van der Waals surface area contributed by atoms with Gasteiger partial charge >= 0.3 is 0 Å². The molecule has 0 aromatic heterocycles. The van der Waals surface area contributed by atoms with Crippen LogP contribution >= 0.6 is 15.9 Å². The fraction of sp³-hybridized carbons (Fsp3) is 0.400. The van der Waals surface area contributed by atoms with Gasteiger partial charge in [0.25, 0.3) is 0 Å². The Hall–Kier alpha value is -0.540. The molecule has 2 nitrogen and oxygen atoms in total. The van der Waals surface area contributed by atoms with E-state index in [2.05, 4.69) is 50.8 Å². The van der Waals surface area contributed by atoms with Crippen molar-refractivity contribution in [1.29, 1.82) is 0 Å². The summed E-state index contributed by atoms with van der Waals surface area (Å²) in [5.74, 6) is 0. The summed E-state index contributed by atoms with van der Waals surface area (Å²) in [6, 6.07) is 8.92. The molecule has 1 atom stereocenters. The molecule has 1 heterocycles. The van der Waals surface area contributed by atoms with Crippen molar-refractivity contribution < 1.29 is 0 Å². The van der Waals surface area contributed by atoms with Gasteiger partial charge in [-0.2, -0.15) is 0 Å². The SMILES string of the molecule is Brc1ccc(NC2CCNC2)cc1. The molecule has 1 aromatic carbocycles. The van der Waals surface area contributed by atoms with E-state index in [1.54, 1.807) is 0 Å². The molecule has 1 unspecified atom stereocenters. The molecule has 0 amide bonds. The highest BCUT2D eigenvalue weighted by Gasteiger charge is 2.13. The first-order valence-electron chi connectivity index (χ1n) is 4.57. The Labute approximate surface area is 86.9 Å². The summed E-state index contributed by atoms with van der Waals surface area (Å²) >= 11 is 3.42. The van der Waals surface area contributed by atoms with E-state index in [9.17, 15) is 0 Å². The van der Waals surface area contributed by atoms with Gasteiger partial charge in [0.2, 0.25) is 0 Å². The minimum absolute atomic E-state index is 0.598. The van der Waals surface area contributed by atoms with Crippen molar-refractivity contribution >= 4 is 21.6 Å². The quantitative estimate of drug-likeness (QED) is 0.829. The minimum Gasteiger partial charge on any atom is -0.381 e. The van der Waals surface area contributed by atoms with Gasteiger partial charge in [-0.1, -0.05) is 15.9 Å². The second-order valence-corrected chi connectivity index (χ2v) is 4.26. The van der Waals surface area contributed by atoms with Crippen LogP contribution in [0.4, 0.5) is 5.69 Å². The largest absolute Gasteiger partial charge is 0.381 e. The predicted molar refractivity (Wildman–Crippen MR) is 59.0 cm³/mol. The highest BCUT2D eigenvalue weighted by atomic mass is 79.9. The first-order valence-corrected chi connectivity index (χ1v) is 5.37. The highest BCUT2D eigenvalue weighted by molar-refractivity contribution is 9.10. The van der Waals surface area contributed by atoms with Crippen LogP contribution in [-0.4, -0.2) is 19.1 Å². The van der Waals surface area contributed by atoms with Crippen LogP contribution in [0.5, 0.6) is 0 Å². The molecule has 1 fully saturated rings. The smallest absolute Gasteiger partial charge is 0.0398 e. The van der Waals surface area contributed by atoms with E-state index in [-0.39, 0.29) is 0 Å². The third-order valence-corrected chi connectivity index (χ3v) is 2.80. The van der Waals surface area contributed by atoms with Crippen molar-refractivity contribution in [3.05, 3.63) is 28.7 Å². The molecule has 70 valence electrons. The third kappa shape index (κ3) is 2.45. The lowest BCUT2D eigenvalue weighted by Gasteiger charge is -2.12. The van der Waals surface area contributed by atoms with Gasteiger partial charge in [0, 0.05) is 22.7 Å². The first kappa shape index (κ1) is 9.03. The number of rotatable bonds is 2. The van der Waals surface area contributed by atoms with E-state index in [0.29, 0.717) is 6.04 Å². The van der Waals surface area contributed by atoms with E-state index < -0.39 is 0 Å². The average molecular weight is 241 g/mol. The van der Waals surface area contributed by atoms with Crippen molar-refractivity contribution in [2.75, 3.05) is 18.4 Å². The van der Waals surface area contributed by atoms with Gasteiger partial charge in [0.05, 0.1) is 0 Å². The molecule has 1 aliphatic heterocycles. The van der Waals surface area contributed by atoms with Crippen LogP contribution in [0.2, 0.25) is 0 Å². The Morgan fingerprint density at radius 1 is 1.31 bits per heavy atom. The summed E-state index contributed by atoms with van der Waals surface area (Å²) in [4.78, 5) is 0. The van der Waals surface area contributed by atoms with Crippen molar-refractivity contribution in [3.63, 3.8) is 0 Å². The first-order chi connectivity index (χ1) is 6.34. The molecule has 0 spiro atoms. The third-order valence-electron chi connectivity index (χ3n) is 2.28. The van der Waals surface area contributed by atoms with Gasteiger partial charge in [-0.15, -0.1) is 0 Å². The molecule has 0 radical (unpaired) electrons. The molecule has 0 bridgehead atoms. The van der Waals surface area contributed by atoms with Gasteiger partial charge in [0.1, 0.15) is 0 Å². The number of halogens is 1. The Morgan fingerprint density at radius 2 is 2.08 bits per heavy atom. The van der Waals surface area contributed by atoms with Crippen LogP contribution in [0.3, 0.4) is 0 Å². The summed E-state index contributed by atoms with van der Waals surface area (Å²) in [6.07, 6.45) is 1.22. The zero-order valence-electron chi connectivity index (χ0n) is 7.39. The van der Waals surface area contributed by atoms with Crippen LogP contribution in [0.15, 0.2) is 28.7 Å². The number of benzene rings is 1. The van der Waals surface area contributed by atoms with E-state index >= 15 is 0 Å². The summed E-state index contributed by atoms with van der Waals surface area (Å²) in [5, 5.41) is 6.82. The lowest BCUT2D eigenvalue weighted by atomic mass is 10.2. The second kappa shape index (κ2) is 4.11. The van der Waals surface area contributed by atoms with E-state index in [4.69, 9.17) is 0 Å².